The van der Waals surface area contributed by atoms with Crippen LogP contribution in [0.5, 0.6) is 0 Å². The number of aliphatic hydroxyl groups is 1. The molecule has 0 spiro atoms. The normalized spacial score (nSPS) is 11.8. The van der Waals surface area contributed by atoms with Gasteiger partial charge in [0.2, 0.25) is 0 Å². The van der Waals surface area contributed by atoms with Crippen LogP contribution in [0.25, 0.3) is 0 Å². The molecule has 0 aliphatic carbocycles. The van der Waals surface area contributed by atoms with Crippen LogP contribution in [0, 0.1) is 0 Å². The number of ether oxygens (including phenoxy) is 5. The summed E-state index contributed by atoms with van der Waals surface area (Å²) in [6, 6.07) is 0. The molecule has 0 aliphatic rings. The molecule has 198 valence electrons. The summed E-state index contributed by atoms with van der Waals surface area (Å²) in [5, 5.41) is 11.6. The Morgan fingerprint density at radius 2 is 0.889 bits per heavy atom. The van der Waals surface area contributed by atoms with Gasteiger partial charge in [0.15, 0.2) is 6.10 Å². The summed E-state index contributed by atoms with van der Waals surface area (Å²) in [7, 11) is 0. The van der Waals surface area contributed by atoms with Gasteiger partial charge in [-0.3, -0.25) is 0 Å². The molecule has 0 bridgehead atoms. The Hall–Kier alpha value is -3.99. The summed E-state index contributed by atoms with van der Waals surface area (Å²) in [6.07, 6.45) is -2.31. The van der Waals surface area contributed by atoms with Crippen LogP contribution in [0.3, 0.4) is 0 Å². The van der Waals surface area contributed by atoms with E-state index in [4.69, 9.17) is 23.7 Å². The van der Waals surface area contributed by atoms with E-state index in [1.54, 1.807) is 0 Å². The molecule has 1 unspecified atom stereocenters. The fourth-order valence-electron chi connectivity index (χ4n) is 2.18. The SMILES string of the molecule is C=C(C)C(=O)OC(CC)C(OC(=O)C(=C)C)(OC(=O)C(=C)C)C(O)(OC(=O)C(=C)C)OC(=O)C(=C)C. The first-order valence-electron chi connectivity index (χ1n) is 10.5. The van der Waals surface area contributed by atoms with Gasteiger partial charge in [0.05, 0.1) is 0 Å². The van der Waals surface area contributed by atoms with E-state index in [-0.39, 0.29) is 34.3 Å². The van der Waals surface area contributed by atoms with E-state index in [2.05, 4.69) is 32.9 Å². The second-order valence-corrected chi connectivity index (χ2v) is 8.01. The van der Waals surface area contributed by atoms with Crippen molar-refractivity contribution in [2.24, 2.45) is 0 Å². The molecule has 1 atom stereocenters. The minimum Gasteiger partial charge on any atom is -0.450 e. The van der Waals surface area contributed by atoms with Crippen molar-refractivity contribution in [3.8, 4) is 0 Å². The lowest BCUT2D eigenvalue weighted by Gasteiger charge is -2.44. The van der Waals surface area contributed by atoms with Gasteiger partial charge >= 0.3 is 41.6 Å². The van der Waals surface area contributed by atoms with Crippen LogP contribution >= 0.6 is 0 Å². The molecule has 1 N–H and O–H groups in total. The molecular weight excluding hydrogens is 476 g/mol. The molecule has 0 saturated heterocycles. The molecule has 36 heavy (non-hydrogen) atoms. The fraction of sp³-hybridized carbons (Fsp3) is 0.400. The smallest absolute Gasteiger partial charge is 0.450 e. The first-order chi connectivity index (χ1) is 16.3. The summed E-state index contributed by atoms with van der Waals surface area (Å²) < 4.78 is 25.8. The Bertz CT molecular complexity index is 959. The quantitative estimate of drug-likeness (QED) is 0.169. The van der Waals surface area contributed by atoms with Crippen LogP contribution in [0.4, 0.5) is 0 Å². The van der Waals surface area contributed by atoms with Crippen molar-refractivity contribution in [3.05, 3.63) is 60.8 Å². The maximum Gasteiger partial charge on any atom is 0.461 e. The van der Waals surface area contributed by atoms with Crippen molar-refractivity contribution in [2.75, 3.05) is 0 Å². The van der Waals surface area contributed by atoms with Gasteiger partial charge in [-0.2, -0.15) is 0 Å². The lowest BCUT2D eigenvalue weighted by atomic mass is 10.0. The van der Waals surface area contributed by atoms with Crippen molar-refractivity contribution < 1.29 is 52.8 Å². The van der Waals surface area contributed by atoms with Crippen molar-refractivity contribution >= 4 is 29.8 Å². The Morgan fingerprint density at radius 1 is 0.611 bits per heavy atom. The topological polar surface area (TPSA) is 152 Å². The first-order valence-corrected chi connectivity index (χ1v) is 10.5. The summed E-state index contributed by atoms with van der Waals surface area (Å²) in [5.41, 5.74) is -1.32. The van der Waals surface area contributed by atoms with Crippen LogP contribution in [-0.2, 0) is 47.7 Å². The Balaban J connectivity index is 7.61. The van der Waals surface area contributed by atoms with Crippen molar-refractivity contribution in [1.82, 2.24) is 0 Å². The molecule has 0 rings (SSSR count). The number of hydrogen-bond acceptors (Lipinski definition) is 11. The minimum absolute atomic E-state index is 0.138. The van der Waals surface area contributed by atoms with E-state index in [0.29, 0.717) is 0 Å². The monoisotopic (exact) mass is 508 g/mol. The average molecular weight is 509 g/mol. The zero-order valence-corrected chi connectivity index (χ0v) is 21.3. The maximum absolute atomic E-state index is 12.7. The molecule has 0 amide bonds. The zero-order chi connectivity index (χ0) is 28.6. The van der Waals surface area contributed by atoms with Crippen molar-refractivity contribution in [1.29, 1.82) is 0 Å². The second-order valence-electron chi connectivity index (χ2n) is 8.01. The fourth-order valence-corrected chi connectivity index (χ4v) is 2.18. The van der Waals surface area contributed by atoms with Gasteiger partial charge in [0, 0.05) is 27.9 Å². The highest BCUT2D eigenvalue weighted by molar-refractivity contribution is 5.91. The summed E-state index contributed by atoms with van der Waals surface area (Å²) in [4.78, 5) is 62.9. The molecule has 11 nitrogen and oxygen atoms in total. The average Bonchev–Trinajstić information content (AvgIpc) is 2.75. The molecule has 0 aromatic rings. The summed E-state index contributed by atoms with van der Waals surface area (Å²) in [5.74, 6) is -13.5. The lowest BCUT2D eigenvalue weighted by Crippen LogP contribution is -2.69. The Morgan fingerprint density at radius 3 is 1.14 bits per heavy atom. The van der Waals surface area contributed by atoms with E-state index < -0.39 is 47.7 Å². The van der Waals surface area contributed by atoms with E-state index in [1.165, 1.54) is 41.5 Å². The van der Waals surface area contributed by atoms with Crippen LogP contribution in [-0.4, -0.2) is 52.8 Å². The number of hydrogen-bond donors (Lipinski definition) is 1. The number of rotatable bonds is 13. The molecule has 0 saturated carbocycles. The maximum atomic E-state index is 12.7. The van der Waals surface area contributed by atoms with Crippen molar-refractivity contribution in [3.63, 3.8) is 0 Å². The molecular formula is C25H32O11. The highest BCUT2D eigenvalue weighted by Gasteiger charge is 2.71. The third kappa shape index (κ3) is 7.77. The molecule has 0 aromatic carbocycles. The minimum atomic E-state index is -3.74. The molecule has 0 radical (unpaired) electrons. The van der Waals surface area contributed by atoms with Gasteiger partial charge in [0.1, 0.15) is 0 Å². The van der Waals surface area contributed by atoms with Crippen LogP contribution in [0.2, 0.25) is 0 Å². The van der Waals surface area contributed by atoms with Gasteiger partial charge in [0.25, 0.3) is 0 Å². The summed E-state index contributed by atoms with van der Waals surface area (Å²) in [6.45, 7) is 24.4. The van der Waals surface area contributed by atoms with E-state index >= 15 is 0 Å². The molecule has 0 aromatic heterocycles. The van der Waals surface area contributed by atoms with Gasteiger partial charge in [-0.15, -0.1) is 0 Å². The van der Waals surface area contributed by atoms with Crippen LogP contribution < -0.4 is 0 Å². The second kappa shape index (κ2) is 12.6. The third-order valence-corrected chi connectivity index (χ3v) is 4.18. The van der Waals surface area contributed by atoms with Gasteiger partial charge in [-0.05, 0) is 41.0 Å². The van der Waals surface area contributed by atoms with Gasteiger partial charge in [-0.25, -0.2) is 24.0 Å². The highest BCUT2D eigenvalue weighted by Crippen LogP contribution is 2.40. The number of carbonyl (C=O) groups is 5. The third-order valence-electron chi connectivity index (χ3n) is 4.18. The predicted octanol–water partition coefficient (Wildman–Crippen LogP) is 2.70. The predicted molar refractivity (Wildman–Crippen MR) is 126 cm³/mol. The van der Waals surface area contributed by atoms with Gasteiger partial charge in [-0.1, -0.05) is 39.8 Å². The summed E-state index contributed by atoms with van der Waals surface area (Å²) >= 11 is 0. The largest absolute Gasteiger partial charge is 0.461 e. The van der Waals surface area contributed by atoms with E-state index in [0.717, 1.165) is 0 Å². The lowest BCUT2D eigenvalue weighted by molar-refractivity contribution is -0.456. The Labute approximate surface area is 209 Å². The molecule has 11 heteroatoms. The molecule has 0 heterocycles. The van der Waals surface area contributed by atoms with Crippen molar-refractivity contribution in [2.45, 2.75) is 65.8 Å². The number of esters is 5. The van der Waals surface area contributed by atoms with E-state index in [9.17, 15) is 29.1 Å². The Kier molecular flexibility index (Phi) is 11.2. The molecule has 0 aliphatic heterocycles. The highest BCUT2D eigenvalue weighted by atomic mass is 16.9. The van der Waals surface area contributed by atoms with Crippen LogP contribution in [0.15, 0.2) is 60.8 Å². The van der Waals surface area contributed by atoms with Crippen LogP contribution in [0.1, 0.15) is 48.0 Å². The molecule has 0 fully saturated rings. The number of carbonyl (C=O) groups excluding carboxylic acids is 5. The van der Waals surface area contributed by atoms with E-state index in [1.807, 2.05) is 0 Å². The van der Waals surface area contributed by atoms with Gasteiger partial charge < -0.3 is 28.8 Å². The zero-order valence-electron chi connectivity index (χ0n) is 21.3. The standard InChI is InChI=1S/C25H32O11/c1-12-18(32-19(26)13(2)3)24(33-20(27)14(4)5,34-21(28)15(6)7)25(31,35-22(29)16(8)9)36-23(30)17(10)11/h18,31H,2,4,6,8,10,12H2,1,3,5,7,9,11H3. The first kappa shape index (κ1) is 32.0.